The molecule has 0 saturated heterocycles. The summed E-state index contributed by atoms with van der Waals surface area (Å²) in [6.45, 7) is 1.68. The van der Waals surface area contributed by atoms with Crippen LogP contribution in [0.5, 0.6) is 5.75 Å². The van der Waals surface area contributed by atoms with Gasteiger partial charge in [-0.15, -0.1) is 0 Å². The number of benzene rings is 2. The van der Waals surface area contributed by atoms with Gasteiger partial charge in [-0.05, 0) is 36.2 Å². The van der Waals surface area contributed by atoms with Crippen molar-refractivity contribution in [3.05, 3.63) is 52.6 Å². The minimum Gasteiger partial charge on any atom is -0.506 e. The Morgan fingerprint density at radius 3 is 2.41 bits per heavy atom. The Labute approximate surface area is 102 Å². The number of hydrogen-bond donors (Lipinski definition) is 1. The largest absolute Gasteiger partial charge is 0.506 e. The highest BCUT2D eigenvalue weighted by molar-refractivity contribution is 6.32. The van der Waals surface area contributed by atoms with E-state index >= 15 is 0 Å². The second kappa shape index (κ2) is 4.34. The molecule has 0 heterocycles. The van der Waals surface area contributed by atoms with Crippen molar-refractivity contribution in [2.45, 2.75) is 6.92 Å². The van der Waals surface area contributed by atoms with Crippen LogP contribution in [0.3, 0.4) is 0 Å². The zero-order valence-corrected chi connectivity index (χ0v) is 9.72. The Hall–Kier alpha value is -1.61. The van der Waals surface area contributed by atoms with Gasteiger partial charge >= 0.3 is 0 Å². The normalized spacial score (nSPS) is 10.6. The van der Waals surface area contributed by atoms with E-state index in [9.17, 15) is 13.9 Å². The Morgan fingerprint density at radius 2 is 1.76 bits per heavy atom. The van der Waals surface area contributed by atoms with E-state index in [-0.39, 0.29) is 22.2 Å². The van der Waals surface area contributed by atoms with Crippen LogP contribution in [-0.4, -0.2) is 5.11 Å². The van der Waals surface area contributed by atoms with Crippen molar-refractivity contribution in [2.24, 2.45) is 0 Å². The molecule has 0 unspecified atom stereocenters. The third-order valence-electron chi connectivity index (χ3n) is 2.52. The number of aryl methyl sites for hydroxylation is 1. The molecule has 0 aliphatic rings. The first kappa shape index (κ1) is 11.9. The zero-order chi connectivity index (χ0) is 12.6. The van der Waals surface area contributed by atoms with E-state index in [4.69, 9.17) is 11.6 Å². The lowest BCUT2D eigenvalue weighted by Gasteiger charge is -2.09. The monoisotopic (exact) mass is 254 g/mol. The summed E-state index contributed by atoms with van der Waals surface area (Å²) in [4.78, 5) is 0. The van der Waals surface area contributed by atoms with Gasteiger partial charge in [0.1, 0.15) is 17.4 Å². The molecule has 0 bridgehead atoms. The fourth-order valence-electron chi connectivity index (χ4n) is 1.67. The molecule has 0 radical (unpaired) electrons. The van der Waals surface area contributed by atoms with E-state index in [1.807, 2.05) is 0 Å². The Morgan fingerprint density at radius 1 is 1.06 bits per heavy atom. The van der Waals surface area contributed by atoms with Crippen LogP contribution in [0.15, 0.2) is 30.3 Å². The summed E-state index contributed by atoms with van der Waals surface area (Å²) in [5, 5.41) is 9.31. The molecule has 0 fully saturated rings. The van der Waals surface area contributed by atoms with Gasteiger partial charge < -0.3 is 5.11 Å². The van der Waals surface area contributed by atoms with Gasteiger partial charge in [-0.3, -0.25) is 0 Å². The van der Waals surface area contributed by atoms with Crippen LogP contribution < -0.4 is 0 Å². The van der Waals surface area contributed by atoms with E-state index in [0.29, 0.717) is 11.1 Å². The van der Waals surface area contributed by atoms with Gasteiger partial charge in [-0.25, -0.2) is 8.78 Å². The van der Waals surface area contributed by atoms with E-state index in [1.54, 1.807) is 6.92 Å². The molecule has 2 aromatic carbocycles. The van der Waals surface area contributed by atoms with E-state index < -0.39 is 5.82 Å². The van der Waals surface area contributed by atoms with Crippen LogP contribution in [0.4, 0.5) is 8.78 Å². The van der Waals surface area contributed by atoms with Crippen LogP contribution in [0.1, 0.15) is 5.56 Å². The van der Waals surface area contributed by atoms with Crippen molar-refractivity contribution in [3.63, 3.8) is 0 Å². The molecule has 0 aromatic heterocycles. The number of hydrogen-bond acceptors (Lipinski definition) is 1. The summed E-state index contributed by atoms with van der Waals surface area (Å²) in [6.07, 6.45) is 0. The predicted octanol–water partition coefficient (Wildman–Crippen LogP) is 4.30. The maximum Gasteiger partial charge on any atom is 0.137 e. The number of phenols is 1. The molecular weight excluding hydrogens is 246 g/mol. The van der Waals surface area contributed by atoms with Crippen LogP contribution >= 0.6 is 11.6 Å². The van der Waals surface area contributed by atoms with Crippen LogP contribution in [0, 0.1) is 18.6 Å². The SMILES string of the molecule is Cc1cc(F)ccc1-c1cc(Cl)c(O)cc1F. The number of aromatic hydroxyl groups is 1. The summed E-state index contributed by atoms with van der Waals surface area (Å²) in [7, 11) is 0. The van der Waals surface area contributed by atoms with Crippen LogP contribution in [-0.2, 0) is 0 Å². The van der Waals surface area contributed by atoms with Crippen LogP contribution in [0.25, 0.3) is 11.1 Å². The van der Waals surface area contributed by atoms with E-state index in [1.165, 1.54) is 24.3 Å². The van der Waals surface area contributed by atoms with Crippen molar-refractivity contribution in [1.82, 2.24) is 0 Å². The second-order valence-corrected chi connectivity index (χ2v) is 4.15. The Kier molecular flexibility index (Phi) is 3.03. The Balaban J connectivity index is 2.64. The summed E-state index contributed by atoms with van der Waals surface area (Å²) >= 11 is 5.73. The third kappa shape index (κ3) is 2.24. The number of rotatable bonds is 1. The summed E-state index contributed by atoms with van der Waals surface area (Å²) < 4.78 is 26.6. The van der Waals surface area contributed by atoms with E-state index in [2.05, 4.69) is 0 Å². The first-order chi connectivity index (χ1) is 7.99. The van der Waals surface area contributed by atoms with E-state index in [0.717, 1.165) is 6.07 Å². The molecule has 1 nitrogen and oxygen atoms in total. The van der Waals surface area contributed by atoms with Gasteiger partial charge in [0.25, 0.3) is 0 Å². The molecule has 17 heavy (non-hydrogen) atoms. The number of phenolic OH excluding ortho intramolecular Hbond substituents is 1. The lowest BCUT2D eigenvalue weighted by molar-refractivity contribution is 0.469. The second-order valence-electron chi connectivity index (χ2n) is 3.74. The summed E-state index contributed by atoms with van der Waals surface area (Å²) in [5.41, 5.74) is 1.39. The molecule has 0 amide bonds. The lowest BCUT2D eigenvalue weighted by atomic mass is 10.00. The first-order valence-electron chi connectivity index (χ1n) is 4.93. The molecule has 0 spiro atoms. The summed E-state index contributed by atoms with van der Waals surface area (Å²) in [6, 6.07) is 6.32. The van der Waals surface area contributed by atoms with Crippen molar-refractivity contribution in [1.29, 1.82) is 0 Å². The van der Waals surface area contributed by atoms with Gasteiger partial charge in [0.15, 0.2) is 0 Å². The highest BCUT2D eigenvalue weighted by Gasteiger charge is 2.12. The van der Waals surface area contributed by atoms with Gasteiger partial charge in [0.2, 0.25) is 0 Å². The lowest BCUT2D eigenvalue weighted by Crippen LogP contribution is -1.89. The average molecular weight is 255 g/mol. The molecule has 2 rings (SSSR count). The van der Waals surface area contributed by atoms with Crippen molar-refractivity contribution in [2.75, 3.05) is 0 Å². The molecule has 2 aromatic rings. The highest BCUT2D eigenvalue weighted by Crippen LogP contribution is 2.33. The van der Waals surface area contributed by atoms with Gasteiger partial charge in [-0.1, -0.05) is 17.7 Å². The van der Waals surface area contributed by atoms with Gasteiger partial charge in [0, 0.05) is 11.6 Å². The maximum absolute atomic E-state index is 13.7. The molecule has 0 aliphatic carbocycles. The standard InChI is InChI=1S/C13H9ClF2O/c1-7-4-8(15)2-3-9(7)10-5-11(14)13(17)6-12(10)16/h2-6,17H,1H3. The fourth-order valence-corrected chi connectivity index (χ4v) is 1.84. The van der Waals surface area contributed by atoms with Crippen molar-refractivity contribution < 1.29 is 13.9 Å². The van der Waals surface area contributed by atoms with Crippen molar-refractivity contribution >= 4 is 11.6 Å². The van der Waals surface area contributed by atoms with Gasteiger partial charge in [-0.2, -0.15) is 0 Å². The number of halogens is 3. The topological polar surface area (TPSA) is 20.2 Å². The van der Waals surface area contributed by atoms with Gasteiger partial charge in [0.05, 0.1) is 5.02 Å². The molecular formula is C13H9ClF2O. The smallest absolute Gasteiger partial charge is 0.137 e. The quantitative estimate of drug-likeness (QED) is 0.804. The predicted molar refractivity (Wildman–Crippen MR) is 63.2 cm³/mol. The van der Waals surface area contributed by atoms with Crippen molar-refractivity contribution in [3.8, 4) is 16.9 Å². The zero-order valence-electron chi connectivity index (χ0n) is 8.97. The molecule has 88 valence electrons. The molecule has 0 saturated carbocycles. The molecule has 0 aliphatic heterocycles. The molecule has 0 atom stereocenters. The molecule has 1 N–H and O–H groups in total. The summed E-state index contributed by atoms with van der Waals surface area (Å²) in [5.74, 6) is -1.29. The average Bonchev–Trinajstić information content (AvgIpc) is 2.24. The Bertz CT molecular complexity index is 582. The highest BCUT2D eigenvalue weighted by atomic mass is 35.5. The van der Waals surface area contributed by atoms with Crippen LogP contribution in [0.2, 0.25) is 5.02 Å². The first-order valence-corrected chi connectivity index (χ1v) is 5.31. The third-order valence-corrected chi connectivity index (χ3v) is 2.82. The minimum absolute atomic E-state index is 0.0603. The molecule has 4 heteroatoms. The fraction of sp³-hybridized carbons (Fsp3) is 0.0769. The maximum atomic E-state index is 13.7. The minimum atomic E-state index is -0.596.